The molecule has 3 nitrogen and oxygen atoms in total. The van der Waals surface area contributed by atoms with Crippen molar-refractivity contribution in [2.45, 2.75) is 31.8 Å². The number of thioether (sulfide) groups is 1. The molecule has 0 amide bonds. The fraction of sp³-hybridized carbons (Fsp3) is 0.600. The van der Waals surface area contributed by atoms with Crippen molar-refractivity contribution in [2.75, 3.05) is 5.75 Å². The van der Waals surface area contributed by atoms with Gasteiger partial charge in [0.25, 0.3) is 0 Å². The molecule has 76 valence electrons. The van der Waals surface area contributed by atoms with Crippen LogP contribution in [0.1, 0.15) is 32.5 Å². The zero-order valence-electron chi connectivity index (χ0n) is 9.03. The molecular weight excluding hydrogens is 194 g/mol. The first-order valence-electron chi connectivity index (χ1n) is 4.58. The van der Waals surface area contributed by atoms with Gasteiger partial charge in [-0.25, -0.2) is 0 Å². The van der Waals surface area contributed by atoms with Crippen LogP contribution in [0.4, 0.5) is 0 Å². The minimum atomic E-state index is 0.416. The number of aromatic nitrogens is 3. The summed E-state index contributed by atoms with van der Waals surface area (Å²) >= 11 is 1.63. The Morgan fingerprint density at radius 3 is 2.64 bits per heavy atom. The number of hydrogen-bond donors (Lipinski definition) is 0. The van der Waals surface area contributed by atoms with E-state index in [2.05, 4.69) is 35.9 Å². The molecule has 1 heterocycles. The third-order valence-corrected chi connectivity index (χ3v) is 2.74. The second kappa shape index (κ2) is 5.06. The number of hydrogen-bond acceptors (Lipinski definition) is 3. The average molecular weight is 209 g/mol. The van der Waals surface area contributed by atoms with Gasteiger partial charge in [-0.05, 0) is 6.92 Å². The molecule has 0 N–H and O–H groups in total. The quantitative estimate of drug-likeness (QED) is 0.564. The van der Waals surface area contributed by atoms with Crippen LogP contribution in [0.15, 0.2) is 5.16 Å². The predicted octanol–water partition coefficient (Wildman–Crippen LogP) is 2.05. The first-order valence-corrected chi connectivity index (χ1v) is 5.57. The maximum absolute atomic E-state index is 4.14. The highest BCUT2D eigenvalue weighted by Gasteiger charge is 2.10. The lowest BCUT2D eigenvalue weighted by atomic mass is 10.2. The Kier molecular flexibility index (Phi) is 4.02. The minimum Gasteiger partial charge on any atom is -0.309 e. The number of rotatable bonds is 3. The molecule has 0 radical (unpaired) electrons. The Balaban J connectivity index is 2.72. The van der Waals surface area contributed by atoms with Gasteiger partial charge in [-0.15, -0.1) is 16.1 Å². The Morgan fingerprint density at radius 1 is 1.43 bits per heavy atom. The summed E-state index contributed by atoms with van der Waals surface area (Å²) in [5, 5.41) is 9.20. The molecule has 0 bridgehead atoms. The molecule has 0 unspecified atom stereocenters. The van der Waals surface area contributed by atoms with E-state index in [9.17, 15) is 0 Å². The van der Waals surface area contributed by atoms with Crippen LogP contribution in [-0.2, 0) is 7.05 Å². The van der Waals surface area contributed by atoms with Crippen LogP contribution < -0.4 is 0 Å². The molecule has 0 atom stereocenters. The third kappa shape index (κ3) is 2.52. The summed E-state index contributed by atoms with van der Waals surface area (Å²) in [6.45, 7) is 6.07. The minimum absolute atomic E-state index is 0.416. The zero-order valence-corrected chi connectivity index (χ0v) is 9.85. The van der Waals surface area contributed by atoms with Gasteiger partial charge in [-0.1, -0.05) is 31.5 Å². The molecule has 1 rings (SSSR count). The Hall–Kier alpha value is -0.950. The number of nitrogens with zero attached hydrogens (tertiary/aromatic N) is 3. The Morgan fingerprint density at radius 2 is 2.14 bits per heavy atom. The van der Waals surface area contributed by atoms with E-state index >= 15 is 0 Å². The standard InChI is InChI=1S/C10H15N3S/c1-5-6-7-14-10-12-11-9(8(2)3)13(10)4/h8H,7H2,1-4H3. The first-order chi connectivity index (χ1) is 6.66. The molecule has 14 heavy (non-hydrogen) atoms. The maximum Gasteiger partial charge on any atom is 0.191 e. The summed E-state index contributed by atoms with van der Waals surface area (Å²) in [6, 6.07) is 0. The summed E-state index contributed by atoms with van der Waals surface area (Å²) in [5.41, 5.74) is 0. The van der Waals surface area contributed by atoms with Gasteiger partial charge in [0.1, 0.15) is 5.82 Å². The fourth-order valence-corrected chi connectivity index (χ4v) is 1.86. The lowest BCUT2D eigenvalue weighted by Gasteiger charge is -2.04. The summed E-state index contributed by atoms with van der Waals surface area (Å²) in [6.07, 6.45) is 0. The van der Waals surface area contributed by atoms with Gasteiger partial charge >= 0.3 is 0 Å². The molecule has 0 saturated carbocycles. The topological polar surface area (TPSA) is 30.7 Å². The van der Waals surface area contributed by atoms with E-state index in [1.54, 1.807) is 11.8 Å². The molecular formula is C10H15N3S. The van der Waals surface area contributed by atoms with E-state index in [1.807, 2.05) is 18.5 Å². The molecule has 0 spiro atoms. The molecule has 0 saturated heterocycles. The van der Waals surface area contributed by atoms with E-state index < -0.39 is 0 Å². The fourth-order valence-electron chi connectivity index (χ4n) is 1.13. The van der Waals surface area contributed by atoms with Crippen molar-refractivity contribution in [1.29, 1.82) is 0 Å². The first kappa shape index (κ1) is 11.1. The van der Waals surface area contributed by atoms with Crippen molar-refractivity contribution in [1.82, 2.24) is 14.8 Å². The Labute approximate surface area is 89.3 Å². The van der Waals surface area contributed by atoms with Crippen LogP contribution in [0.2, 0.25) is 0 Å². The molecule has 4 heteroatoms. The lowest BCUT2D eigenvalue weighted by molar-refractivity contribution is 0.680. The largest absolute Gasteiger partial charge is 0.309 e. The third-order valence-electron chi connectivity index (χ3n) is 1.84. The van der Waals surface area contributed by atoms with Crippen LogP contribution in [0.5, 0.6) is 0 Å². The summed E-state index contributed by atoms with van der Waals surface area (Å²) in [5.74, 6) is 8.07. The molecule has 0 aliphatic heterocycles. The smallest absolute Gasteiger partial charge is 0.191 e. The lowest BCUT2D eigenvalue weighted by Crippen LogP contribution is -2.00. The van der Waals surface area contributed by atoms with Crippen LogP contribution in [0.3, 0.4) is 0 Å². The van der Waals surface area contributed by atoms with E-state index in [-0.39, 0.29) is 0 Å². The van der Waals surface area contributed by atoms with E-state index in [4.69, 9.17) is 0 Å². The van der Waals surface area contributed by atoms with E-state index in [1.165, 1.54) is 0 Å². The zero-order chi connectivity index (χ0) is 10.6. The second-order valence-electron chi connectivity index (χ2n) is 3.27. The van der Waals surface area contributed by atoms with Crippen molar-refractivity contribution < 1.29 is 0 Å². The van der Waals surface area contributed by atoms with Crippen LogP contribution in [-0.4, -0.2) is 20.5 Å². The van der Waals surface area contributed by atoms with Crippen molar-refractivity contribution in [3.05, 3.63) is 5.82 Å². The van der Waals surface area contributed by atoms with Crippen LogP contribution in [0, 0.1) is 11.8 Å². The molecule has 0 aliphatic rings. The molecule has 1 aromatic heterocycles. The molecule has 0 aliphatic carbocycles. The van der Waals surface area contributed by atoms with Crippen LogP contribution in [0.25, 0.3) is 0 Å². The van der Waals surface area contributed by atoms with Crippen LogP contribution >= 0.6 is 11.8 Å². The maximum atomic E-state index is 4.14. The Bertz CT molecular complexity index is 357. The van der Waals surface area contributed by atoms with Gasteiger partial charge < -0.3 is 4.57 Å². The van der Waals surface area contributed by atoms with Crippen molar-refractivity contribution in [3.63, 3.8) is 0 Å². The summed E-state index contributed by atoms with van der Waals surface area (Å²) in [7, 11) is 2.00. The van der Waals surface area contributed by atoms with Crippen molar-refractivity contribution >= 4 is 11.8 Å². The normalized spacial score (nSPS) is 10.1. The van der Waals surface area contributed by atoms with Crippen molar-refractivity contribution in [3.8, 4) is 11.8 Å². The average Bonchev–Trinajstić information content (AvgIpc) is 2.48. The highest BCUT2D eigenvalue weighted by molar-refractivity contribution is 7.99. The second-order valence-corrected chi connectivity index (χ2v) is 4.21. The van der Waals surface area contributed by atoms with E-state index in [0.717, 1.165) is 16.7 Å². The van der Waals surface area contributed by atoms with E-state index in [0.29, 0.717) is 5.92 Å². The van der Waals surface area contributed by atoms with Gasteiger partial charge in [0.2, 0.25) is 0 Å². The molecule has 0 fully saturated rings. The predicted molar refractivity (Wildman–Crippen MR) is 59.3 cm³/mol. The molecule has 0 aromatic carbocycles. The molecule has 1 aromatic rings. The van der Waals surface area contributed by atoms with Gasteiger partial charge in [0.15, 0.2) is 5.16 Å². The highest BCUT2D eigenvalue weighted by Crippen LogP contribution is 2.18. The summed E-state index contributed by atoms with van der Waals surface area (Å²) in [4.78, 5) is 0. The monoisotopic (exact) mass is 209 g/mol. The van der Waals surface area contributed by atoms with Gasteiger partial charge in [0.05, 0.1) is 5.75 Å². The van der Waals surface area contributed by atoms with Crippen molar-refractivity contribution in [2.24, 2.45) is 7.05 Å². The van der Waals surface area contributed by atoms with Gasteiger partial charge in [0, 0.05) is 13.0 Å². The van der Waals surface area contributed by atoms with Gasteiger partial charge in [-0.2, -0.15) is 0 Å². The highest BCUT2D eigenvalue weighted by atomic mass is 32.2. The summed E-state index contributed by atoms with van der Waals surface area (Å²) < 4.78 is 2.03. The van der Waals surface area contributed by atoms with Gasteiger partial charge in [-0.3, -0.25) is 0 Å². The SMILES string of the molecule is CC#CCSc1nnc(C(C)C)n1C.